The van der Waals surface area contributed by atoms with Gasteiger partial charge in [0.15, 0.2) is 0 Å². The number of hydrogen-bond donors (Lipinski definition) is 2. The number of methoxy groups -OCH3 is 1. The SMILES string of the molecule is COc1ccc(C2CN(C)C(=O)C23CCCN(C(=O)[C@@H](COCc2ccccc2)NC(=O)C(C)(C)N)C3)cc1. The average molecular weight is 537 g/mol. The molecular weight excluding hydrogens is 496 g/mol. The summed E-state index contributed by atoms with van der Waals surface area (Å²) in [5.74, 6) is 0.0220. The highest BCUT2D eigenvalue weighted by molar-refractivity contribution is 5.92. The molecule has 0 saturated carbocycles. The van der Waals surface area contributed by atoms with Crippen LogP contribution in [0.5, 0.6) is 5.75 Å². The summed E-state index contributed by atoms with van der Waals surface area (Å²) >= 11 is 0. The fourth-order valence-electron chi connectivity index (χ4n) is 5.66. The molecule has 1 spiro atoms. The van der Waals surface area contributed by atoms with E-state index in [-0.39, 0.29) is 30.9 Å². The minimum Gasteiger partial charge on any atom is -0.497 e. The fourth-order valence-corrected chi connectivity index (χ4v) is 5.66. The number of likely N-dealkylation sites (tertiary alicyclic amines) is 2. The predicted molar refractivity (Wildman–Crippen MR) is 148 cm³/mol. The number of nitrogens with one attached hydrogen (secondary N) is 1. The summed E-state index contributed by atoms with van der Waals surface area (Å²) in [6, 6.07) is 16.5. The lowest BCUT2D eigenvalue weighted by Gasteiger charge is -2.43. The van der Waals surface area contributed by atoms with Crippen LogP contribution in [0.1, 0.15) is 43.7 Å². The molecule has 9 nitrogen and oxygen atoms in total. The van der Waals surface area contributed by atoms with Crippen LogP contribution in [0.25, 0.3) is 0 Å². The zero-order valence-electron chi connectivity index (χ0n) is 23.3. The van der Waals surface area contributed by atoms with Gasteiger partial charge in [-0.15, -0.1) is 0 Å². The molecular formula is C30H40N4O5. The van der Waals surface area contributed by atoms with Crippen molar-refractivity contribution in [2.45, 2.75) is 50.8 Å². The lowest BCUT2D eigenvalue weighted by molar-refractivity contribution is -0.147. The first-order valence-corrected chi connectivity index (χ1v) is 13.4. The second-order valence-corrected chi connectivity index (χ2v) is 11.3. The van der Waals surface area contributed by atoms with Crippen LogP contribution in [-0.2, 0) is 25.7 Å². The minimum atomic E-state index is -1.16. The van der Waals surface area contributed by atoms with Gasteiger partial charge in [-0.1, -0.05) is 42.5 Å². The van der Waals surface area contributed by atoms with Gasteiger partial charge in [0.1, 0.15) is 11.8 Å². The van der Waals surface area contributed by atoms with E-state index in [0.29, 0.717) is 32.5 Å². The maximum Gasteiger partial charge on any atom is 0.247 e. The largest absolute Gasteiger partial charge is 0.497 e. The van der Waals surface area contributed by atoms with Crippen molar-refractivity contribution in [3.63, 3.8) is 0 Å². The van der Waals surface area contributed by atoms with Crippen LogP contribution in [0.15, 0.2) is 54.6 Å². The van der Waals surface area contributed by atoms with Gasteiger partial charge in [-0.25, -0.2) is 0 Å². The molecule has 2 aromatic carbocycles. The lowest BCUT2D eigenvalue weighted by Crippen LogP contribution is -2.60. The van der Waals surface area contributed by atoms with Gasteiger partial charge in [0.25, 0.3) is 0 Å². The van der Waals surface area contributed by atoms with Gasteiger partial charge < -0.3 is 30.3 Å². The van der Waals surface area contributed by atoms with E-state index < -0.39 is 22.9 Å². The number of nitrogens with zero attached hydrogens (tertiary/aromatic N) is 2. The molecule has 0 aromatic heterocycles. The molecule has 2 unspecified atom stereocenters. The van der Waals surface area contributed by atoms with Gasteiger partial charge >= 0.3 is 0 Å². The van der Waals surface area contributed by atoms with E-state index in [4.69, 9.17) is 15.2 Å². The van der Waals surface area contributed by atoms with Crippen LogP contribution in [0.4, 0.5) is 0 Å². The van der Waals surface area contributed by atoms with E-state index >= 15 is 0 Å². The zero-order chi connectivity index (χ0) is 28.2. The first-order valence-electron chi connectivity index (χ1n) is 13.4. The summed E-state index contributed by atoms with van der Waals surface area (Å²) in [6.07, 6.45) is 1.37. The maximum absolute atomic E-state index is 13.9. The number of hydrogen-bond acceptors (Lipinski definition) is 6. The standard InChI is InChI=1S/C30H40N4O5/c1-29(2,31)27(36)32-25(19-39-18-21-9-6-5-7-10-21)26(35)34-16-8-15-30(20-34)24(17-33(3)28(30)37)22-11-13-23(38-4)14-12-22/h5-7,9-14,24-25H,8,15-20,31H2,1-4H3,(H,32,36)/t24?,25-,30?/m1/s1. The summed E-state index contributed by atoms with van der Waals surface area (Å²) in [5, 5.41) is 2.81. The van der Waals surface area contributed by atoms with E-state index in [1.165, 1.54) is 0 Å². The van der Waals surface area contributed by atoms with Gasteiger partial charge in [-0.2, -0.15) is 0 Å². The number of piperidine rings is 1. The van der Waals surface area contributed by atoms with Crippen LogP contribution < -0.4 is 15.8 Å². The smallest absolute Gasteiger partial charge is 0.247 e. The Balaban J connectivity index is 1.55. The Kier molecular flexibility index (Phi) is 8.61. The highest BCUT2D eigenvalue weighted by atomic mass is 16.5. The van der Waals surface area contributed by atoms with Gasteiger partial charge in [0.2, 0.25) is 17.7 Å². The van der Waals surface area contributed by atoms with Crippen molar-refractivity contribution in [3.05, 3.63) is 65.7 Å². The molecule has 0 radical (unpaired) electrons. The molecule has 2 heterocycles. The molecule has 210 valence electrons. The summed E-state index contributed by atoms with van der Waals surface area (Å²) in [7, 11) is 3.44. The molecule has 2 aromatic rings. The number of carbonyl (C=O) groups excluding carboxylic acids is 3. The molecule has 3 amide bonds. The lowest BCUT2D eigenvalue weighted by atomic mass is 9.69. The van der Waals surface area contributed by atoms with Gasteiger partial charge in [0, 0.05) is 32.6 Å². The fraction of sp³-hybridized carbons (Fsp3) is 0.500. The summed E-state index contributed by atoms with van der Waals surface area (Å²) in [5.41, 5.74) is 6.14. The number of ether oxygens (including phenoxy) is 2. The van der Waals surface area contributed by atoms with Crippen molar-refractivity contribution < 1.29 is 23.9 Å². The highest BCUT2D eigenvalue weighted by Gasteiger charge is 2.56. The molecule has 0 bridgehead atoms. The number of carbonyl (C=O) groups is 3. The van der Waals surface area contributed by atoms with Crippen molar-refractivity contribution in [3.8, 4) is 5.75 Å². The molecule has 2 saturated heterocycles. The molecule has 2 fully saturated rings. The number of rotatable bonds is 9. The molecule has 39 heavy (non-hydrogen) atoms. The Morgan fingerprint density at radius 2 is 1.85 bits per heavy atom. The highest BCUT2D eigenvalue weighted by Crippen LogP contribution is 2.49. The Morgan fingerprint density at radius 3 is 2.49 bits per heavy atom. The van der Waals surface area contributed by atoms with E-state index in [1.807, 2.05) is 61.6 Å². The molecule has 2 aliphatic heterocycles. The molecule has 9 heteroatoms. The second-order valence-electron chi connectivity index (χ2n) is 11.3. The Morgan fingerprint density at radius 1 is 1.15 bits per heavy atom. The van der Waals surface area contributed by atoms with E-state index in [1.54, 1.807) is 30.8 Å². The van der Waals surface area contributed by atoms with Gasteiger partial charge in [0.05, 0.1) is 31.3 Å². The number of benzene rings is 2. The summed E-state index contributed by atoms with van der Waals surface area (Å²) < 4.78 is 11.2. The van der Waals surface area contributed by atoms with Crippen molar-refractivity contribution >= 4 is 17.7 Å². The molecule has 3 N–H and O–H groups in total. The third-order valence-electron chi connectivity index (χ3n) is 7.83. The third-order valence-corrected chi connectivity index (χ3v) is 7.83. The second kappa shape index (κ2) is 11.8. The number of amides is 3. The molecule has 2 aliphatic rings. The van der Waals surface area contributed by atoms with Crippen molar-refractivity contribution in [1.82, 2.24) is 15.1 Å². The summed E-state index contributed by atoms with van der Waals surface area (Å²) in [4.78, 5) is 43.8. The van der Waals surface area contributed by atoms with Crippen molar-refractivity contribution in [1.29, 1.82) is 0 Å². The Hall–Kier alpha value is -3.43. The van der Waals surface area contributed by atoms with Crippen LogP contribution >= 0.6 is 0 Å². The van der Waals surface area contributed by atoms with Crippen LogP contribution in [0, 0.1) is 5.41 Å². The Bertz CT molecular complexity index is 1160. The zero-order valence-corrected chi connectivity index (χ0v) is 23.3. The normalized spacial score (nSPS) is 22.2. The van der Waals surface area contributed by atoms with E-state index in [9.17, 15) is 14.4 Å². The predicted octanol–water partition coefficient (Wildman–Crippen LogP) is 2.30. The van der Waals surface area contributed by atoms with Crippen LogP contribution in [0.2, 0.25) is 0 Å². The first-order chi connectivity index (χ1) is 18.5. The minimum absolute atomic E-state index is 0.00515. The quantitative estimate of drug-likeness (QED) is 0.508. The third kappa shape index (κ3) is 6.25. The van der Waals surface area contributed by atoms with Gasteiger partial charge in [-0.3, -0.25) is 14.4 Å². The molecule has 0 aliphatic carbocycles. The monoisotopic (exact) mass is 536 g/mol. The average Bonchev–Trinajstić information content (AvgIpc) is 3.16. The maximum atomic E-state index is 13.9. The van der Waals surface area contributed by atoms with Crippen molar-refractivity contribution in [2.24, 2.45) is 11.1 Å². The van der Waals surface area contributed by atoms with Crippen LogP contribution in [0.3, 0.4) is 0 Å². The van der Waals surface area contributed by atoms with E-state index in [0.717, 1.165) is 16.9 Å². The van der Waals surface area contributed by atoms with Gasteiger partial charge in [-0.05, 0) is 49.9 Å². The number of likely N-dealkylation sites (N-methyl/N-ethyl adjacent to an activating group) is 1. The molecule has 3 atom stereocenters. The van der Waals surface area contributed by atoms with Crippen LogP contribution in [-0.4, -0.2) is 79.5 Å². The summed E-state index contributed by atoms with van der Waals surface area (Å²) in [6.45, 7) is 4.85. The first kappa shape index (κ1) is 28.6. The van der Waals surface area contributed by atoms with E-state index in [2.05, 4.69) is 5.32 Å². The molecule has 4 rings (SSSR count). The van der Waals surface area contributed by atoms with Crippen molar-refractivity contribution in [2.75, 3.05) is 40.4 Å². The topological polar surface area (TPSA) is 114 Å². The Labute approximate surface area is 230 Å². The number of nitrogens with two attached hydrogens (primary N) is 1.